The molecule has 0 spiro atoms. The molecule has 1 aliphatic heterocycles. The number of halogens is 2. The summed E-state index contributed by atoms with van der Waals surface area (Å²) in [5.41, 5.74) is 2.73. The Morgan fingerprint density at radius 2 is 1.80 bits per heavy atom. The molecule has 0 bridgehead atoms. The second-order valence-corrected chi connectivity index (χ2v) is 10.3. The molecule has 0 amide bonds. The van der Waals surface area contributed by atoms with Crippen LogP contribution in [0, 0.1) is 5.82 Å². The molecule has 3 heterocycles. The van der Waals surface area contributed by atoms with Gasteiger partial charge in [0.15, 0.2) is 5.65 Å². The molecule has 1 saturated heterocycles. The van der Waals surface area contributed by atoms with Crippen LogP contribution in [-0.2, 0) is 6.54 Å². The maximum absolute atomic E-state index is 13.7. The van der Waals surface area contributed by atoms with Gasteiger partial charge in [-0.25, -0.2) is 13.8 Å². The molecule has 0 unspecified atom stereocenters. The summed E-state index contributed by atoms with van der Waals surface area (Å²) >= 11 is 6.34. The predicted molar refractivity (Wildman–Crippen MR) is 138 cm³/mol. The molecule has 35 heavy (non-hydrogen) atoms. The quantitative estimate of drug-likeness (QED) is 0.358. The van der Waals surface area contributed by atoms with E-state index in [-0.39, 0.29) is 5.82 Å². The Bertz CT molecular complexity index is 1350. The third-order valence-electron chi connectivity index (χ3n) is 7.45. The Labute approximate surface area is 209 Å². The Hall–Kier alpha value is -2.77. The summed E-state index contributed by atoms with van der Waals surface area (Å²) in [6.45, 7) is 4.34. The molecule has 0 atom stereocenters. The van der Waals surface area contributed by atoms with Crippen LogP contribution in [0.15, 0.2) is 42.5 Å². The van der Waals surface area contributed by atoms with Gasteiger partial charge in [0.1, 0.15) is 11.6 Å². The Balaban J connectivity index is 1.36. The van der Waals surface area contributed by atoms with Crippen molar-refractivity contribution < 1.29 is 4.39 Å². The zero-order valence-electron chi connectivity index (χ0n) is 19.8. The highest BCUT2D eigenvalue weighted by molar-refractivity contribution is 6.31. The summed E-state index contributed by atoms with van der Waals surface area (Å²) in [4.78, 5) is 9.90. The first-order chi connectivity index (χ1) is 17.2. The second-order valence-electron chi connectivity index (χ2n) is 9.87. The standard InChI is InChI=1S/C27H30ClFN6/c28-21-10-11-23-24(17-21)30-27(35-25(31-32-26(23)35)20-7-2-1-3-8-20)34-13-5-12-33(14-15-34)18-19-6-4-9-22(29)16-19/h4,6,9-11,16-17,20H,1-3,5,7-8,12-15,18H2. The number of fused-ring (bicyclic) bond motifs is 3. The summed E-state index contributed by atoms with van der Waals surface area (Å²) < 4.78 is 15.9. The smallest absolute Gasteiger partial charge is 0.213 e. The number of benzene rings is 2. The van der Waals surface area contributed by atoms with Gasteiger partial charge in [-0.1, -0.05) is 43.0 Å². The molecule has 1 saturated carbocycles. The molecule has 8 heteroatoms. The summed E-state index contributed by atoms with van der Waals surface area (Å²) in [6, 6.07) is 12.7. The van der Waals surface area contributed by atoms with Crippen molar-refractivity contribution in [1.82, 2.24) is 24.5 Å². The van der Waals surface area contributed by atoms with Crippen molar-refractivity contribution in [2.24, 2.45) is 0 Å². The highest BCUT2D eigenvalue weighted by atomic mass is 35.5. The summed E-state index contributed by atoms with van der Waals surface area (Å²) in [5, 5.41) is 11.0. The van der Waals surface area contributed by atoms with E-state index in [1.54, 1.807) is 12.1 Å². The average molecular weight is 493 g/mol. The van der Waals surface area contributed by atoms with Crippen LogP contribution in [0.3, 0.4) is 0 Å². The van der Waals surface area contributed by atoms with Crippen LogP contribution < -0.4 is 4.90 Å². The lowest BCUT2D eigenvalue weighted by molar-refractivity contribution is 0.285. The number of anilines is 1. The van der Waals surface area contributed by atoms with Crippen LogP contribution >= 0.6 is 11.6 Å². The SMILES string of the molecule is Fc1cccc(CN2CCCN(c3nc4cc(Cl)ccc4c4nnc(C5CCCCC5)n34)CC2)c1. The number of hydrogen-bond donors (Lipinski definition) is 0. The third kappa shape index (κ3) is 4.59. The molecule has 4 aromatic rings. The minimum absolute atomic E-state index is 0.178. The Morgan fingerprint density at radius 3 is 2.66 bits per heavy atom. The van der Waals surface area contributed by atoms with Crippen molar-refractivity contribution in [3.8, 4) is 0 Å². The van der Waals surface area contributed by atoms with E-state index >= 15 is 0 Å². The summed E-state index contributed by atoms with van der Waals surface area (Å²) in [5.74, 6) is 2.19. The van der Waals surface area contributed by atoms with E-state index in [9.17, 15) is 4.39 Å². The van der Waals surface area contributed by atoms with E-state index in [1.807, 2.05) is 24.3 Å². The third-order valence-corrected chi connectivity index (χ3v) is 7.68. The van der Waals surface area contributed by atoms with Gasteiger partial charge in [-0.15, -0.1) is 10.2 Å². The van der Waals surface area contributed by atoms with E-state index in [0.717, 1.165) is 85.9 Å². The van der Waals surface area contributed by atoms with Crippen molar-refractivity contribution in [3.05, 3.63) is 64.7 Å². The normalized spacial score (nSPS) is 18.4. The summed E-state index contributed by atoms with van der Waals surface area (Å²) in [6.07, 6.45) is 7.09. The van der Waals surface area contributed by atoms with Gasteiger partial charge in [0.05, 0.1) is 5.52 Å². The minimum Gasteiger partial charge on any atom is -0.341 e. The monoisotopic (exact) mass is 492 g/mol. The van der Waals surface area contributed by atoms with Crippen molar-refractivity contribution in [3.63, 3.8) is 0 Å². The van der Waals surface area contributed by atoms with Crippen molar-refractivity contribution in [2.45, 2.75) is 51.0 Å². The molecule has 2 aliphatic rings. The first kappa shape index (κ1) is 22.7. The highest BCUT2D eigenvalue weighted by Gasteiger charge is 2.27. The fourth-order valence-corrected chi connectivity index (χ4v) is 5.84. The van der Waals surface area contributed by atoms with Crippen molar-refractivity contribution >= 4 is 34.1 Å². The molecular weight excluding hydrogens is 463 g/mol. The molecule has 2 aromatic heterocycles. The molecule has 1 aliphatic carbocycles. The van der Waals surface area contributed by atoms with Crippen LogP contribution in [-0.4, -0.2) is 50.7 Å². The lowest BCUT2D eigenvalue weighted by atomic mass is 9.89. The maximum Gasteiger partial charge on any atom is 0.213 e. The molecule has 0 radical (unpaired) electrons. The largest absolute Gasteiger partial charge is 0.341 e. The zero-order chi connectivity index (χ0) is 23.8. The van der Waals surface area contributed by atoms with Gasteiger partial charge in [-0.3, -0.25) is 4.90 Å². The van der Waals surface area contributed by atoms with Gasteiger partial charge in [0.2, 0.25) is 5.95 Å². The van der Waals surface area contributed by atoms with Gasteiger partial charge < -0.3 is 4.90 Å². The van der Waals surface area contributed by atoms with Crippen LogP contribution in [0.1, 0.15) is 55.8 Å². The first-order valence-electron chi connectivity index (χ1n) is 12.7. The van der Waals surface area contributed by atoms with Gasteiger partial charge in [-0.2, -0.15) is 0 Å². The lowest BCUT2D eigenvalue weighted by Gasteiger charge is -2.26. The second kappa shape index (κ2) is 9.70. The van der Waals surface area contributed by atoms with E-state index in [2.05, 4.69) is 19.3 Å². The fraction of sp³-hybridized carbons (Fsp3) is 0.444. The Kier molecular flexibility index (Phi) is 6.29. The maximum atomic E-state index is 13.7. The van der Waals surface area contributed by atoms with Crippen LogP contribution in [0.5, 0.6) is 0 Å². The van der Waals surface area contributed by atoms with Crippen LogP contribution in [0.2, 0.25) is 5.02 Å². The van der Waals surface area contributed by atoms with Gasteiger partial charge >= 0.3 is 0 Å². The van der Waals surface area contributed by atoms with E-state index in [1.165, 1.54) is 25.3 Å². The number of nitrogens with zero attached hydrogens (tertiary/aromatic N) is 6. The van der Waals surface area contributed by atoms with E-state index in [0.29, 0.717) is 10.9 Å². The topological polar surface area (TPSA) is 49.6 Å². The van der Waals surface area contributed by atoms with E-state index in [4.69, 9.17) is 21.7 Å². The molecule has 0 N–H and O–H groups in total. The van der Waals surface area contributed by atoms with Gasteiger partial charge in [-0.05, 0) is 55.2 Å². The first-order valence-corrected chi connectivity index (χ1v) is 13.1. The van der Waals surface area contributed by atoms with E-state index < -0.39 is 0 Å². The summed E-state index contributed by atoms with van der Waals surface area (Å²) in [7, 11) is 0. The predicted octanol–water partition coefficient (Wildman–Crippen LogP) is 5.83. The zero-order valence-corrected chi connectivity index (χ0v) is 20.6. The Morgan fingerprint density at radius 1 is 0.914 bits per heavy atom. The molecular formula is C27H30ClFN6. The van der Waals surface area contributed by atoms with Crippen molar-refractivity contribution in [2.75, 3.05) is 31.1 Å². The minimum atomic E-state index is -0.178. The lowest BCUT2D eigenvalue weighted by Crippen LogP contribution is -2.32. The van der Waals surface area contributed by atoms with Gasteiger partial charge in [0, 0.05) is 49.1 Å². The van der Waals surface area contributed by atoms with Crippen LogP contribution in [0.4, 0.5) is 10.3 Å². The fourth-order valence-electron chi connectivity index (χ4n) is 5.67. The number of hydrogen-bond acceptors (Lipinski definition) is 5. The highest BCUT2D eigenvalue weighted by Crippen LogP contribution is 2.35. The molecule has 182 valence electrons. The van der Waals surface area contributed by atoms with Crippen molar-refractivity contribution in [1.29, 1.82) is 0 Å². The van der Waals surface area contributed by atoms with Gasteiger partial charge in [0.25, 0.3) is 0 Å². The molecule has 2 fully saturated rings. The molecule has 6 nitrogen and oxygen atoms in total. The average Bonchev–Trinajstić information content (AvgIpc) is 3.18. The number of aromatic nitrogens is 4. The number of rotatable bonds is 4. The molecule has 6 rings (SSSR count). The van der Waals surface area contributed by atoms with Crippen LogP contribution in [0.25, 0.3) is 16.6 Å². The molecule has 2 aromatic carbocycles.